The number of carbonyl (C=O) groups is 2. The van der Waals surface area contributed by atoms with Crippen molar-refractivity contribution in [1.82, 2.24) is 21.0 Å². The highest BCUT2D eigenvalue weighted by molar-refractivity contribution is 6.05. The molecule has 7 heteroatoms. The molecule has 2 rings (SSSR count). The Labute approximate surface area is 127 Å². The molecule has 0 bridgehead atoms. The maximum Gasteiger partial charge on any atom is 0.290 e. The van der Waals surface area contributed by atoms with Gasteiger partial charge in [-0.25, -0.2) is 5.10 Å². The number of nitrogens with zero attached hydrogens (tertiary/aromatic N) is 1. The Kier molecular flexibility index (Phi) is 4.88. The van der Waals surface area contributed by atoms with Crippen molar-refractivity contribution in [2.75, 3.05) is 0 Å². The number of nitrogens with one attached hydrogen (secondary N) is 3. The van der Waals surface area contributed by atoms with E-state index in [1.54, 1.807) is 24.3 Å². The van der Waals surface area contributed by atoms with Crippen molar-refractivity contribution in [3.05, 3.63) is 40.3 Å². The van der Waals surface area contributed by atoms with E-state index < -0.39 is 5.91 Å². The molecule has 0 spiro atoms. The molecule has 22 heavy (non-hydrogen) atoms. The van der Waals surface area contributed by atoms with E-state index in [9.17, 15) is 14.4 Å². The van der Waals surface area contributed by atoms with E-state index >= 15 is 0 Å². The summed E-state index contributed by atoms with van der Waals surface area (Å²) >= 11 is 0. The number of rotatable bonds is 4. The molecule has 1 heterocycles. The van der Waals surface area contributed by atoms with Crippen molar-refractivity contribution < 1.29 is 9.59 Å². The molecule has 1 aromatic carbocycles. The number of aromatic amines is 1. The van der Waals surface area contributed by atoms with Crippen LogP contribution in [0.25, 0.3) is 10.8 Å². The highest BCUT2D eigenvalue weighted by Gasteiger charge is 2.14. The van der Waals surface area contributed by atoms with E-state index in [2.05, 4.69) is 21.0 Å². The predicted molar refractivity (Wildman–Crippen MR) is 82.0 cm³/mol. The molecule has 1 aromatic heterocycles. The van der Waals surface area contributed by atoms with Gasteiger partial charge in [-0.3, -0.25) is 25.2 Å². The Hall–Kier alpha value is -2.70. The molecule has 2 amide bonds. The van der Waals surface area contributed by atoms with Gasteiger partial charge in [0.25, 0.3) is 11.5 Å². The van der Waals surface area contributed by atoms with E-state index in [-0.39, 0.29) is 17.2 Å². The molecule has 0 atom stereocenters. The lowest BCUT2D eigenvalue weighted by molar-refractivity contribution is -0.122. The fraction of sp³-hybridized carbons (Fsp3) is 0.333. The second-order valence-corrected chi connectivity index (χ2v) is 5.38. The number of benzene rings is 1. The topological polar surface area (TPSA) is 104 Å². The summed E-state index contributed by atoms with van der Waals surface area (Å²) in [6.07, 6.45) is 1.07. The Bertz CT molecular complexity index is 752. The lowest BCUT2D eigenvalue weighted by Crippen LogP contribution is -2.42. The fourth-order valence-corrected chi connectivity index (χ4v) is 1.96. The van der Waals surface area contributed by atoms with Crippen molar-refractivity contribution in [3.8, 4) is 0 Å². The van der Waals surface area contributed by atoms with Crippen LogP contribution >= 0.6 is 0 Å². The highest BCUT2D eigenvalue weighted by atomic mass is 16.2. The first kappa shape index (κ1) is 15.7. The minimum Gasteiger partial charge on any atom is -0.273 e. The van der Waals surface area contributed by atoms with Gasteiger partial charge in [0.05, 0.1) is 5.39 Å². The third-order valence-electron chi connectivity index (χ3n) is 3.18. The summed E-state index contributed by atoms with van der Waals surface area (Å²) in [5.74, 6) is -0.438. The van der Waals surface area contributed by atoms with Crippen LogP contribution in [0, 0.1) is 5.92 Å². The lowest BCUT2D eigenvalue weighted by atomic mass is 10.1. The Morgan fingerprint density at radius 2 is 1.86 bits per heavy atom. The van der Waals surface area contributed by atoms with Gasteiger partial charge in [0, 0.05) is 11.8 Å². The molecule has 0 fully saturated rings. The summed E-state index contributed by atoms with van der Waals surface area (Å²) in [5.41, 5.74) is 4.34. The normalized spacial score (nSPS) is 10.7. The van der Waals surface area contributed by atoms with Gasteiger partial charge in [-0.15, -0.1) is 0 Å². The van der Waals surface area contributed by atoms with Crippen LogP contribution in [0.15, 0.2) is 29.1 Å². The zero-order valence-electron chi connectivity index (χ0n) is 12.5. The van der Waals surface area contributed by atoms with Crippen LogP contribution in [0.4, 0.5) is 0 Å². The van der Waals surface area contributed by atoms with Crippen LogP contribution in [0.1, 0.15) is 37.2 Å². The first-order valence-electron chi connectivity index (χ1n) is 7.05. The maximum atomic E-state index is 12.1. The molecule has 0 aliphatic rings. The average Bonchev–Trinajstić information content (AvgIpc) is 2.51. The molecule has 116 valence electrons. The van der Waals surface area contributed by atoms with Gasteiger partial charge in [0.15, 0.2) is 5.69 Å². The van der Waals surface area contributed by atoms with Crippen molar-refractivity contribution in [1.29, 1.82) is 0 Å². The van der Waals surface area contributed by atoms with Crippen LogP contribution < -0.4 is 16.4 Å². The SMILES string of the molecule is CC(C)CCC(=O)NNC(=O)c1n[nH]c(=O)c2ccccc12. The van der Waals surface area contributed by atoms with E-state index in [4.69, 9.17) is 0 Å². The van der Waals surface area contributed by atoms with Crippen LogP contribution in [0.3, 0.4) is 0 Å². The average molecular weight is 302 g/mol. The quantitative estimate of drug-likeness (QED) is 0.736. The summed E-state index contributed by atoms with van der Waals surface area (Å²) in [7, 11) is 0. The van der Waals surface area contributed by atoms with Crippen molar-refractivity contribution in [3.63, 3.8) is 0 Å². The number of hydrogen-bond donors (Lipinski definition) is 3. The molecule has 0 aliphatic carbocycles. The van der Waals surface area contributed by atoms with Crippen LogP contribution in [-0.4, -0.2) is 22.0 Å². The molecule has 0 unspecified atom stereocenters. The van der Waals surface area contributed by atoms with Crippen LogP contribution in [0.5, 0.6) is 0 Å². The van der Waals surface area contributed by atoms with Crippen LogP contribution in [-0.2, 0) is 4.79 Å². The van der Waals surface area contributed by atoms with E-state index in [1.807, 2.05) is 13.8 Å². The fourth-order valence-electron chi connectivity index (χ4n) is 1.96. The Balaban J connectivity index is 2.09. The maximum absolute atomic E-state index is 12.1. The molecule has 3 N–H and O–H groups in total. The third kappa shape index (κ3) is 3.69. The monoisotopic (exact) mass is 302 g/mol. The number of amides is 2. The zero-order valence-corrected chi connectivity index (χ0v) is 12.5. The van der Waals surface area contributed by atoms with Gasteiger partial charge in [-0.05, 0) is 18.4 Å². The molecule has 0 radical (unpaired) electrons. The van der Waals surface area contributed by atoms with Gasteiger partial charge in [0.2, 0.25) is 5.91 Å². The van der Waals surface area contributed by atoms with Crippen molar-refractivity contribution in [2.45, 2.75) is 26.7 Å². The second-order valence-electron chi connectivity index (χ2n) is 5.38. The Morgan fingerprint density at radius 1 is 1.18 bits per heavy atom. The first-order chi connectivity index (χ1) is 10.5. The lowest BCUT2D eigenvalue weighted by Gasteiger charge is -2.09. The van der Waals surface area contributed by atoms with Crippen molar-refractivity contribution >= 4 is 22.6 Å². The minimum absolute atomic E-state index is 0.0550. The largest absolute Gasteiger partial charge is 0.290 e. The Morgan fingerprint density at radius 3 is 2.55 bits per heavy atom. The van der Waals surface area contributed by atoms with Gasteiger partial charge in [-0.2, -0.15) is 5.10 Å². The van der Waals surface area contributed by atoms with Gasteiger partial charge >= 0.3 is 0 Å². The molecule has 0 aliphatic heterocycles. The summed E-state index contributed by atoms with van der Waals surface area (Å²) in [5, 5.41) is 6.83. The number of H-pyrrole nitrogens is 1. The standard InChI is InChI=1S/C15H18N4O3/c1-9(2)7-8-12(20)16-19-15(22)13-10-5-3-4-6-11(10)14(21)18-17-13/h3-6,9H,7-8H2,1-2H3,(H,16,20)(H,18,21)(H,19,22). The first-order valence-corrected chi connectivity index (χ1v) is 7.05. The number of fused-ring (bicyclic) bond motifs is 1. The van der Waals surface area contributed by atoms with E-state index in [1.165, 1.54) is 0 Å². The highest BCUT2D eigenvalue weighted by Crippen LogP contribution is 2.11. The predicted octanol–water partition coefficient (Wildman–Crippen LogP) is 1.12. The zero-order chi connectivity index (χ0) is 16.1. The summed E-state index contributed by atoms with van der Waals surface area (Å²) in [6, 6.07) is 6.65. The molecule has 0 saturated heterocycles. The van der Waals surface area contributed by atoms with Crippen LogP contribution in [0.2, 0.25) is 0 Å². The summed E-state index contributed by atoms with van der Waals surface area (Å²) in [6.45, 7) is 4.03. The summed E-state index contributed by atoms with van der Waals surface area (Å²) < 4.78 is 0. The molecule has 0 saturated carbocycles. The smallest absolute Gasteiger partial charge is 0.273 e. The summed E-state index contributed by atoms with van der Waals surface area (Å²) in [4.78, 5) is 35.3. The van der Waals surface area contributed by atoms with Gasteiger partial charge in [-0.1, -0.05) is 32.0 Å². The molecular formula is C15H18N4O3. The number of hydrazine groups is 1. The molecule has 7 nitrogen and oxygen atoms in total. The number of hydrogen-bond acceptors (Lipinski definition) is 4. The van der Waals surface area contributed by atoms with Gasteiger partial charge < -0.3 is 0 Å². The molecule has 2 aromatic rings. The molecular weight excluding hydrogens is 284 g/mol. The van der Waals surface area contributed by atoms with E-state index in [0.29, 0.717) is 23.1 Å². The van der Waals surface area contributed by atoms with E-state index in [0.717, 1.165) is 6.42 Å². The van der Waals surface area contributed by atoms with Gasteiger partial charge in [0.1, 0.15) is 0 Å². The number of aromatic nitrogens is 2. The van der Waals surface area contributed by atoms with Crippen molar-refractivity contribution in [2.24, 2.45) is 5.92 Å². The number of carbonyl (C=O) groups excluding carboxylic acids is 2. The second kappa shape index (κ2) is 6.84. The minimum atomic E-state index is -0.578. The third-order valence-corrected chi connectivity index (χ3v) is 3.18.